The SMILES string of the molecule is [B]C([B])(O)NC(=O)c1cc2c(Oc3ccc(CC(=O)Nc4cnn(C(C)(C)C)c4)cc3C(F)F)ccnc2cc1OC. The zero-order chi connectivity index (χ0) is 30.8. The number of methoxy groups -OCH3 is 1. The van der Waals surface area contributed by atoms with Crippen LogP contribution >= 0.6 is 0 Å². The van der Waals surface area contributed by atoms with E-state index < -0.39 is 29.3 Å². The number of nitrogens with one attached hydrogen (secondary N) is 2. The molecule has 2 aromatic heterocycles. The highest BCUT2D eigenvalue weighted by atomic mass is 19.3. The fourth-order valence-electron chi connectivity index (χ4n) is 4.07. The predicted molar refractivity (Wildman–Crippen MR) is 153 cm³/mol. The molecule has 3 N–H and O–H groups in total. The van der Waals surface area contributed by atoms with E-state index in [0.717, 1.165) is 0 Å². The molecule has 10 nitrogen and oxygen atoms in total. The van der Waals surface area contributed by atoms with E-state index in [1.807, 2.05) is 26.1 Å². The molecule has 0 aliphatic carbocycles. The first-order valence-corrected chi connectivity index (χ1v) is 12.7. The molecule has 0 aliphatic rings. The lowest BCUT2D eigenvalue weighted by molar-refractivity contribution is -0.115. The van der Waals surface area contributed by atoms with Crippen molar-refractivity contribution >= 4 is 44.1 Å². The molecular weight excluding hydrogens is 546 g/mol. The topological polar surface area (TPSA) is 128 Å². The van der Waals surface area contributed by atoms with Crippen molar-refractivity contribution in [3.8, 4) is 17.2 Å². The smallest absolute Gasteiger partial charge is 0.267 e. The van der Waals surface area contributed by atoms with E-state index in [0.29, 0.717) is 16.8 Å². The number of halogens is 2. The molecule has 2 amide bonds. The summed E-state index contributed by atoms with van der Waals surface area (Å²) in [5.41, 5.74) is -2.11. The number of hydrogen-bond acceptors (Lipinski definition) is 7. The zero-order valence-electron chi connectivity index (χ0n) is 23.3. The molecule has 4 aromatic rings. The van der Waals surface area contributed by atoms with Crippen molar-refractivity contribution in [3.63, 3.8) is 0 Å². The lowest BCUT2D eigenvalue weighted by atomic mass is 9.73. The summed E-state index contributed by atoms with van der Waals surface area (Å²) >= 11 is 0. The number of anilines is 1. The first kappa shape index (κ1) is 30.5. The Hall–Kier alpha value is -4.45. The number of aliphatic hydroxyl groups is 1. The Morgan fingerprint density at radius 2 is 1.83 bits per heavy atom. The number of benzene rings is 2. The molecule has 14 heteroatoms. The van der Waals surface area contributed by atoms with Crippen LogP contribution < -0.4 is 20.1 Å². The van der Waals surface area contributed by atoms with Gasteiger partial charge in [-0.15, -0.1) is 0 Å². The van der Waals surface area contributed by atoms with Crippen molar-refractivity contribution in [2.75, 3.05) is 12.4 Å². The Bertz CT molecular complexity index is 1630. The summed E-state index contributed by atoms with van der Waals surface area (Å²) in [6, 6.07) is 8.27. The molecule has 0 saturated heterocycles. The third-order valence-electron chi connectivity index (χ3n) is 6.03. The lowest BCUT2D eigenvalue weighted by Crippen LogP contribution is -2.49. The maximum absolute atomic E-state index is 14.1. The third kappa shape index (κ3) is 7.24. The van der Waals surface area contributed by atoms with Gasteiger partial charge in [0.15, 0.2) is 0 Å². The highest BCUT2D eigenvalue weighted by molar-refractivity contribution is 6.39. The quantitative estimate of drug-likeness (QED) is 0.206. The Kier molecular flexibility index (Phi) is 8.58. The van der Waals surface area contributed by atoms with E-state index in [9.17, 15) is 23.5 Å². The second-order valence-corrected chi connectivity index (χ2v) is 10.5. The van der Waals surface area contributed by atoms with Crippen LogP contribution in [0.2, 0.25) is 0 Å². The molecule has 0 atom stereocenters. The Morgan fingerprint density at radius 1 is 1.10 bits per heavy atom. The minimum absolute atomic E-state index is 0.0688. The summed E-state index contributed by atoms with van der Waals surface area (Å²) in [5.74, 6) is -1.23. The monoisotopic (exact) mass is 573 g/mol. The van der Waals surface area contributed by atoms with Gasteiger partial charge >= 0.3 is 0 Å². The molecule has 2 heterocycles. The van der Waals surface area contributed by atoms with Crippen LogP contribution in [-0.2, 0) is 16.8 Å². The summed E-state index contributed by atoms with van der Waals surface area (Å²) in [4.78, 5) is 29.5. The third-order valence-corrected chi connectivity index (χ3v) is 6.03. The van der Waals surface area contributed by atoms with Crippen molar-refractivity contribution in [2.24, 2.45) is 0 Å². The molecule has 42 heavy (non-hydrogen) atoms. The summed E-state index contributed by atoms with van der Waals surface area (Å²) in [5, 5.41) is 18.8. The fraction of sp³-hybridized carbons (Fsp3) is 0.286. The zero-order valence-corrected chi connectivity index (χ0v) is 23.3. The van der Waals surface area contributed by atoms with Crippen LogP contribution in [0.25, 0.3) is 10.9 Å². The second kappa shape index (κ2) is 11.8. The number of carbonyl (C=O) groups excluding carboxylic acids is 2. The van der Waals surface area contributed by atoms with Gasteiger partial charge in [0.2, 0.25) is 5.91 Å². The van der Waals surface area contributed by atoms with Gasteiger partial charge in [-0.3, -0.25) is 19.3 Å². The van der Waals surface area contributed by atoms with Crippen molar-refractivity contribution in [2.45, 2.75) is 44.7 Å². The highest BCUT2D eigenvalue weighted by Gasteiger charge is 2.23. The molecule has 2 aromatic carbocycles. The molecule has 0 fully saturated rings. The van der Waals surface area contributed by atoms with E-state index >= 15 is 0 Å². The molecule has 0 bridgehead atoms. The summed E-state index contributed by atoms with van der Waals surface area (Å²) < 4.78 is 41.1. The number of nitrogens with zero attached hydrogens (tertiary/aromatic N) is 3. The van der Waals surface area contributed by atoms with E-state index in [1.54, 1.807) is 10.9 Å². The number of fused-ring (bicyclic) bond motifs is 1. The fourth-order valence-corrected chi connectivity index (χ4v) is 4.07. The maximum Gasteiger partial charge on any atom is 0.267 e. The van der Waals surface area contributed by atoms with Crippen molar-refractivity contribution in [1.82, 2.24) is 20.1 Å². The Labute approximate surface area is 243 Å². The molecule has 0 saturated carbocycles. The number of hydrogen-bond donors (Lipinski definition) is 3. The number of alkyl halides is 2. The van der Waals surface area contributed by atoms with E-state index in [-0.39, 0.29) is 40.2 Å². The van der Waals surface area contributed by atoms with Crippen LogP contribution in [0.15, 0.2) is 55.0 Å². The molecule has 0 spiro atoms. The first-order valence-electron chi connectivity index (χ1n) is 12.7. The molecule has 214 valence electrons. The van der Waals surface area contributed by atoms with Gasteiger partial charge in [-0.2, -0.15) is 5.10 Å². The lowest BCUT2D eigenvalue weighted by Gasteiger charge is -2.21. The normalized spacial score (nSPS) is 11.9. The minimum atomic E-state index is -2.92. The first-order chi connectivity index (χ1) is 19.6. The molecule has 4 radical (unpaired) electrons. The number of amides is 2. The van der Waals surface area contributed by atoms with Gasteiger partial charge in [-0.25, -0.2) is 8.78 Å². The number of pyridine rings is 1. The average Bonchev–Trinajstić information content (AvgIpc) is 3.37. The summed E-state index contributed by atoms with van der Waals surface area (Å²) in [7, 11) is 11.9. The standard InChI is InChI=1S/C28H27B2F2N5O5/c1-27(2,3)37-14-16(13-34-37)35-24(38)10-15-5-6-21(18(9-15)25(31)32)42-22-7-8-33-20-12-23(41-4)19(11-17(20)22)26(39)36-28(29,30)40/h5-9,11-14,25,40H,10H2,1-4H3,(H,35,38)(H,36,39). The van der Waals surface area contributed by atoms with Crippen LogP contribution in [0.5, 0.6) is 17.2 Å². The van der Waals surface area contributed by atoms with E-state index in [1.165, 1.54) is 55.9 Å². The van der Waals surface area contributed by atoms with Crippen LogP contribution in [0, 0.1) is 0 Å². The molecule has 0 aliphatic heterocycles. The number of carbonyl (C=O) groups is 2. The molecular formula is C28H27B2F2N5O5. The number of aromatic nitrogens is 3. The Balaban J connectivity index is 1.60. The highest BCUT2D eigenvalue weighted by Crippen LogP contribution is 2.37. The van der Waals surface area contributed by atoms with Crippen LogP contribution in [-0.4, -0.2) is 60.0 Å². The number of rotatable bonds is 9. The van der Waals surface area contributed by atoms with Crippen LogP contribution in [0.3, 0.4) is 0 Å². The summed E-state index contributed by atoms with van der Waals surface area (Å²) in [6.45, 7) is 5.89. The molecule has 0 unspecified atom stereocenters. The molecule has 4 rings (SSSR count). The van der Waals surface area contributed by atoms with E-state index in [2.05, 4.69) is 15.4 Å². The van der Waals surface area contributed by atoms with Crippen molar-refractivity contribution < 1.29 is 33.0 Å². The largest absolute Gasteiger partial charge is 0.496 e. The van der Waals surface area contributed by atoms with Crippen LogP contribution in [0.4, 0.5) is 14.5 Å². The van der Waals surface area contributed by atoms with Gasteiger partial charge in [0.05, 0.1) is 47.6 Å². The van der Waals surface area contributed by atoms with Gasteiger partial charge in [-0.05, 0) is 50.6 Å². The van der Waals surface area contributed by atoms with Gasteiger partial charge in [0, 0.05) is 29.4 Å². The van der Waals surface area contributed by atoms with Gasteiger partial charge in [0.25, 0.3) is 12.3 Å². The Morgan fingerprint density at radius 3 is 2.45 bits per heavy atom. The predicted octanol–water partition coefficient (Wildman–Crippen LogP) is 3.78. The van der Waals surface area contributed by atoms with Crippen molar-refractivity contribution in [1.29, 1.82) is 0 Å². The maximum atomic E-state index is 14.1. The minimum Gasteiger partial charge on any atom is -0.496 e. The van der Waals surface area contributed by atoms with Crippen molar-refractivity contribution in [3.05, 3.63) is 71.7 Å². The van der Waals surface area contributed by atoms with Crippen LogP contribution in [0.1, 0.15) is 48.7 Å². The van der Waals surface area contributed by atoms with Gasteiger partial charge in [-0.1, -0.05) is 6.07 Å². The van der Waals surface area contributed by atoms with Gasteiger partial charge < -0.3 is 25.2 Å². The summed E-state index contributed by atoms with van der Waals surface area (Å²) in [6.07, 6.45) is 1.52. The second-order valence-electron chi connectivity index (χ2n) is 10.5. The average molecular weight is 573 g/mol. The van der Waals surface area contributed by atoms with Gasteiger partial charge in [0.1, 0.15) is 32.9 Å². The number of ether oxygens (including phenoxy) is 2. The van der Waals surface area contributed by atoms with E-state index in [4.69, 9.17) is 25.2 Å².